The van der Waals surface area contributed by atoms with E-state index in [0.717, 1.165) is 42.9 Å². The van der Waals surface area contributed by atoms with Crippen molar-refractivity contribution >= 4 is 32.7 Å². The summed E-state index contributed by atoms with van der Waals surface area (Å²) < 4.78 is 6.13. The second-order valence-electron chi connectivity index (χ2n) is 4.70. The molecular formula is C16H20N2O2S. The molecule has 0 atom stereocenters. The molecule has 1 aromatic carbocycles. The van der Waals surface area contributed by atoms with Crippen LogP contribution in [0.2, 0.25) is 0 Å². The highest BCUT2D eigenvalue weighted by atomic mass is 32.1. The normalized spacial score (nSPS) is 10.5. The molecule has 2 rings (SSSR count). The first-order valence-electron chi connectivity index (χ1n) is 7.18. The molecule has 0 bridgehead atoms. The lowest BCUT2D eigenvalue weighted by molar-refractivity contribution is -0.137. The van der Waals surface area contributed by atoms with Gasteiger partial charge in [-0.2, -0.15) is 0 Å². The van der Waals surface area contributed by atoms with Gasteiger partial charge in [0.05, 0.1) is 16.8 Å². The smallest absolute Gasteiger partial charge is 0.330 e. The Hall–Kier alpha value is -1.88. The van der Waals surface area contributed by atoms with E-state index in [4.69, 9.17) is 4.74 Å². The van der Waals surface area contributed by atoms with Crippen LogP contribution in [0.15, 0.2) is 36.9 Å². The molecule has 1 heterocycles. The lowest BCUT2D eigenvalue weighted by Gasteiger charge is -2.03. The molecule has 1 N–H and O–H groups in total. The van der Waals surface area contributed by atoms with E-state index in [0.29, 0.717) is 6.61 Å². The lowest BCUT2D eigenvalue weighted by Crippen LogP contribution is -2.03. The number of ether oxygens (including phenoxy) is 1. The average Bonchev–Trinajstić information content (AvgIpc) is 2.92. The largest absolute Gasteiger partial charge is 0.463 e. The molecule has 1 aromatic heterocycles. The number of unbranched alkanes of at least 4 members (excludes halogenated alkanes) is 3. The highest BCUT2D eigenvalue weighted by Gasteiger charge is 2.01. The number of hydrogen-bond acceptors (Lipinski definition) is 5. The number of nitrogens with zero attached hydrogens (tertiary/aromatic N) is 1. The van der Waals surface area contributed by atoms with Crippen molar-refractivity contribution in [2.24, 2.45) is 0 Å². The maximum atomic E-state index is 10.8. The van der Waals surface area contributed by atoms with Gasteiger partial charge in [0.2, 0.25) is 0 Å². The summed E-state index contributed by atoms with van der Waals surface area (Å²) in [6.45, 7) is 4.76. The second-order valence-corrected chi connectivity index (χ2v) is 5.73. The molecular weight excluding hydrogens is 284 g/mol. The summed E-state index contributed by atoms with van der Waals surface area (Å²) in [5.41, 5.74) is 1.05. The summed E-state index contributed by atoms with van der Waals surface area (Å²) in [6, 6.07) is 8.15. The van der Waals surface area contributed by atoms with E-state index < -0.39 is 0 Å². The molecule has 0 aliphatic heterocycles. The minimum atomic E-state index is -0.340. The third kappa shape index (κ3) is 5.19. The Morgan fingerprint density at radius 3 is 2.90 bits per heavy atom. The number of para-hydroxylation sites is 1. The molecule has 0 saturated heterocycles. The van der Waals surface area contributed by atoms with Crippen LogP contribution >= 0.6 is 11.3 Å². The van der Waals surface area contributed by atoms with Gasteiger partial charge in [-0.1, -0.05) is 36.5 Å². The van der Waals surface area contributed by atoms with Crippen LogP contribution < -0.4 is 5.32 Å². The van der Waals surface area contributed by atoms with Gasteiger partial charge in [0.15, 0.2) is 5.13 Å². The van der Waals surface area contributed by atoms with Crippen LogP contribution in [0.3, 0.4) is 0 Å². The van der Waals surface area contributed by atoms with E-state index in [9.17, 15) is 4.79 Å². The maximum Gasteiger partial charge on any atom is 0.330 e. The van der Waals surface area contributed by atoms with Gasteiger partial charge in [-0.25, -0.2) is 9.78 Å². The quantitative estimate of drug-likeness (QED) is 0.432. The van der Waals surface area contributed by atoms with Gasteiger partial charge >= 0.3 is 5.97 Å². The Morgan fingerprint density at radius 1 is 1.29 bits per heavy atom. The summed E-state index contributed by atoms with van der Waals surface area (Å²) in [5, 5.41) is 4.34. The van der Waals surface area contributed by atoms with Gasteiger partial charge in [-0.3, -0.25) is 0 Å². The molecule has 0 unspecified atom stereocenters. The minimum absolute atomic E-state index is 0.340. The van der Waals surface area contributed by atoms with Crippen molar-refractivity contribution in [3.05, 3.63) is 36.9 Å². The van der Waals surface area contributed by atoms with Crippen LogP contribution in [0.5, 0.6) is 0 Å². The van der Waals surface area contributed by atoms with E-state index in [1.165, 1.54) is 10.8 Å². The van der Waals surface area contributed by atoms with E-state index >= 15 is 0 Å². The zero-order valence-corrected chi connectivity index (χ0v) is 12.8. The predicted octanol–water partition coefficient (Wildman–Crippen LogP) is 4.00. The number of thiazole rings is 1. The SMILES string of the molecule is C=CC(=O)OCCCCCCNc1nc2ccccc2s1. The van der Waals surface area contributed by atoms with Crippen LogP contribution in [0.25, 0.3) is 10.2 Å². The second kappa shape index (κ2) is 8.42. The molecule has 21 heavy (non-hydrogen) atoms. The Balaban J connectivity index is 1.55. The molecule has 0 spiro atoms. The number of aromatic nitrogens is 1. The van der Waals surface area contributed by atoms with Gasteiger partial charge < -0.3 is 10.1 Å². The molecule has 2 aromatic rings. The van der Waals surface area contributed by atoms with E-state index in [2.05, 4.69) is 22.9 Å². The number of rotatable bonds is 9. The zero-order valence-electron chi connectivity index (χ0n) is 12.0. The third-order valence-electron chi connectivity index (χ3n) is 3.05. The number of benzene rings is 1. The third-order valence-corrected chi connectivity index (χ3v) is 4.05. The van der Waals surface area contributed by atoms with Crippen molar-refractivity contribution in [1.29, 1.82) is 0 Å². The zero-order chi connectivity index (χ0) is 14.9. The summed E-state index contributed by atoms with van der Waals surface area (Å²) in [7, 11) is 0. The van der Waals surface area contributed by atoms with Gasteiger partial charge in [0.1, 0.15) is 0 Å². The fraction of sp³-hybridized carbons (Fsp3) is 0.375. The number of esters is 1. The van der Waals surface area contributed by atoms with E-state index in [1.54, 1.807) is 11.3 Å². The molecule has 0 aliphatic rings. The number of carbonyl (C=O) groups excluding carboxylic acids is 1. The van der Waals surface area contributed by atoms with Crippen molar-refractivity contribution in [2.75, 3.05) is 18.5 Å². The number of carbonyl (C=O) groups is 1. The van der Waals surface area contributed by atoms with Crippen LogP contribution in [-0.2, 0) is 9.53 Å². The Kier molecular flexibility index (Phi) is 6.22. The molecule has 4 nitrogen and oxygen atoms in total. The summed E-state index contributed by atoms with van der Waals surface area (Å²) in [4.78, 5) is 15.4. The Bertz CT molecular complexity index is 562. The van der Waals surface area contributed by atoms with Crippen LogP contribution in [-0.4, -0.2) is 24.1 Å². The fourth-order valence-electron chi connectivity index (χ4n) is 1.96. The number of hydrogen-bond donors (Lipinski definition) is 1. The van der Waals surface area contributed by atoms with Gasteiger partial charge in [0.25, 0.3) is 0 Å². The molecule has 0 amide bonds. The van der Waals surface area contributed by atoms with Crippen LogP contribution in [0.1, 0.15) is 25.7 Å². The van der Waals surface area contributed by atoms with E-state index in [-0.39, 0.29) is 5.97 Å². The summed E-state index contributed by atoms with van der Waals surface area (Å²) in [5.74, 6) is -0.340. The summed E-state index contributed by atoms with van der Waals surface area (Å²) >= 11 is 1.69. The standard InChI is InChI=1S/C16H20N2O2S/c1-2-15(19)20-12-8-4-3-7-11-17-16-18-13-9-5-6-10-14(13)21-16/h2,5-6,9-10H,1,3-4,7-8,11-12H2,(H,17,18). The molecule has 0 aliphatic carbocycles. The van der Waals surface area contributed by atoms with Crippen LogP contribution in [0, 0.1) is 0 Å². The van der Waals surface area contributed by atoms with Crippen molar-refractivity contribution in [3.8, 4) is 0 Å². The van der Waals surface area contributed by atoms with Gasteiger partial charge in [0, 0.05) is 12.6 Å². The van der Waals surface area contributed by atoms with Crippen LogP contribution in [0.4, 0.5) is 5.13 Å². The average molecular weight is 304 g/mol. The monoisotopic (exact) mass is 304 g/mol. The number of nitrogens with one attached hydrogen (secondary N) is 1. The minimum Gasteiger partial charge on any atom is -0.463 e. The number of fused-ring (bicyclic) bond motifs is 1. The van der Waals surface area contributed by atoms with Crippen molar-refractivity contribution in [1.82, 2.24) is 4.98 Å². The van der Waals surface area contributed by atoms with Crippen molar-refractivity contribution in [2.45, 2.75) is 25.7 Å². The molecule has 0 saturated carbocycles. The molecule has 0 fully saturated rings. The van der Waals surface area contributed by atoms with Gasteiger partial charge in [-0.15, -0.1) is 0 Å². The predicted molar refractivity (Wildman–Crippen MR) is 87.7 cm³/mol. The molecule has 5 heteroatoms. The Morgan fingerprint density at radius 2 is 2.10 bits per heavy atom. The van der Waals surface area contributed by atoms with Crippen molar-refractivity contribution < 1.29 is 9.53 Å². The highest BCUT2D eigenvalue weighted by molar-refractivity contribution is 7.22. The number of anilines is 1. The first kappa shape index (κ1) is 15.5. The first-order valence-corrected chi connectivity index (χ1v) is 8.00. The topological polar surface area (TPSA) is 51.2 Å². The molecule has 112 valence electrons. The Labute approximate surface area is 128 Å². The van der Waals surface area contributed by atoms with Gasteiger partial charge in [-0.05, 0) is 31.4 Å². The fourth-order valence-corrected chi connectivity index (χ4v) is 2.85. The summed E-state index contributed by atoms with van der Waals surface area (Å²) in [6.07, 6.45) is 5.36. The van der Waals surface area contributed by atoms with E-state index in [1.807, 2.05) is 18.2 Å². The lowest BCUT2D eigenvalue weighted by atomic mass is 10.2. The maximum absolute atomic E-state index is 10.8. The molecule has 0 radical (unpaired) electrons. The highest BCUT2D eigenvalue weighted by Crippen LogP contribution is 2.25. The first-order chi connectivity index (χ1) is 10.3. The van der Waals surface area contributed by atoms with Crippen molar-refractivity contribution in [3.63, 3.8) is 0 Å².